The second kappa shape index (κ2) is 9.28. The topological polar surface area (TPSA) is 87.7 Å². The quantitative estimate of drug-likeness (QED) is 0.582. The third kappa shape index (κ3) is 4.43. The maximum atomic E-state index is 13.2. The molecule has 3 rings (SSSR count). The van der Waals surface area contributed by atoms with Gasteiger partial charge in [0.2, 0.25) is 0 Å². The minimum absolute atomic E-state index is 0.168. The van der Waals surface area contributed by atoms with Crippen molar-refractivity contribution in [2.75, 3.05) is 13.1 Å². The van der Waals surface area contributed by atoms with Crippen molar-refractivity contribution in [3.8, 4) is 11.8 Å². The Labute approximate surface area is 171 Å². The van der Waals surface area contributed by atoms with Gasteiger partial charge >= 0.3 is 0 Å². The number of aromatic nitrogens is 4. The average Bonchev–Trinajstić information content (AvgIpc) is 3.14. The minimum atomic E-state index is -0.168. The fourth-order valence-corrected chi connectivity index (χ4v) is 3.44. The summed E-state index contributed by atoms with van der Waals surface area (Å²) >= 11 is 0. The van der Waals surface area contributed by atoms with E-state index in [0.29, 0.717) is 36.8 Å². The van der Waals surface area contributed by atoms with Crippen LogP contribution in [0, 0.1) is 24.2 Å². The van der Waals surface area contributed by atoms with Gasteiger partial charge in [-0.15, -0.1) is 5.10 Å². The molecule has 0 bridgehead atoms. The summed E-state index contributed by atoms with van der Waals surface area (Å²) in [6.45, 7) is 7.12. The highest BCUT2D eigenvalue weighted by Gasteiger charge is 2.24. The highest BCUT2D eigenvalue weighted by molar-refractivity contribution is 5.93. The molecule has 0 aliphatic heterocycles. The molecule has 2 heterocycles. The predicted molar refractivity (Wildman–Crippen MR) is 112 cm³/mol. The van der Waals surface area contributed by atoms with Gasteiger partial charge in [0.05, 0.1) is 29.4 Å². The van der Waals surface area contributed by atoms with Crippen molar-refractivity contribution in [1.29, 1.82) is 5.26 Å². The van der Waals surface area contributed by atoms with Crippen LogP contribution in [0.5, 0.6) is 0 Å². The standard InChI is InChI=1S/C22H26N6O/c1-4-17(5-2)15-27(13-7-11-23)22(29)21-16(3)28(26-25-21)19-9-10-20-18(14-19)8-6-12-24-20/h6,8-10,12,14,17H,4-5,7,13,15H2,1-3H3. The number of amides is 1. The number of carbonyl (C=O) groups excluding carboxylic acids is 1. The van der Waals surface area contributed by atoms with Gasteiger partial charge in [-0.2, -0.15) is 5.26 Å². The van der Waals surface area contributed by atoms with Gasteiger partial charge in [0.25, 0.3) is 5.91 Å². The Morgan fingerprint density at radius 2 is 2.07 bits per heavy atom. The lowest BCUT2D eigenvalue weighted by molar-refractivity contribution is 0.0722. The summed E-state index contributed by atoms with van der Waals surface area (Å²) in [5, 5.41) is 18.4. The average molecular weight is 390 g/mol. The summed E-state index contributed by atoms with van der Waals surface area (Å²) < 4.78 is 1.68. The Hall–Kier alpha value is -3.27. The lowest BCUT2D eigenvalue weighted by Gasteiger charge is -2.25. The second-order valence-corrected chi connectivity index (χ2v) is 7.16. The Morgan fingerprint density at radius 3 is 2.79 bits per heavy atom. The minimum Gasteiger partial charge on any atom is -0.336 e. The maximum absolute atomic E-state index is 13.2. The lowest BCUT2D eigenvalue weighted by atomic mass is 10.0. The van der Waals surface area contributed by atoms with Gasteiger partial charge in [-0.25, -0.2) is 4.68 Å². The van der Waals surface area contributed by atoms with Crippen LogP contribution in [0.4, 0.5) is 0 Å². The Kier molecular flexibility index (Phi) is 6.55. The van der Waals surface area contributed by atoms with E-state index in [1.807, 2.05) is 37.3 Å². The lowest BCUT2D eigenvalue weighted by Crippen LogP contribution is -2.36. The van der Waals surface area contributed by atoms with E-state index < -0.39 is 0 Å². The summed E-state index contributed by atoms with van der Waals surface area (Å²) in [4.78, 5) is 19.3. The number of rotatable bonds is 8. The third-order valence-electron chi connectivity index (χ3n) is 5.34. The summed E-state index contributed by atoms with van der Waals surface area (Å²) in [7, 11) is 0. The monoisotopic (exact) mass is 390 g/mol. The normalized spacial score (nSPS) is 11.0. The van der Waals surface area contributed by atoms with Gasteiger partial charge in [0.15, 0.2) is 5.69 Å². The smallest absolute Gasteiger partial charge is 0.276 e. The van der Waals surface area contributed by atoms with Crippen LogP contribution in [0.15, 0.2) is 36.5 Å². The van der Waals surface area contributed by atoms with Crippen molar-refractivity contribution in [2.24, 2.45) is 5.92 Å². The Morgan fingerprint density at radius 1 is 1.28 bits per heavy atom. The van der Waals surface area contributed by atoms with Crippen molar-refractivity contribution in [3.63, 3.8) is 0 Å². The number of nitriles is 1. The number of fused-ring (bicyclic) bond motifs is 1. The highest BCUT2D eigenvalue weighted by Crippen LogP contribution is 2.20. The van der Waals surface area contributed by atoms with Gasteiger partial charge in [-0.05, 0) is 37.1 Å². The number of benzene rings is 1. The van der Waals surface area contributed by atoms with Crippen molar-refractivity contribution >= 4 is 16.8 Å². The van der Waals surface area contributed by atoms with E-state index in [2.05, 4.69) is 35.2 Å². The molecule has 0 saturated heterocycles. The molecule has 0 fully saturated rings. The SMILES string of the molecule is CCC(CC)CN(CCC#N)C(=O)c1nnn(-c2ccc3ncccc3c2)c1C. The molecule has 0 saturated carbocycles. The molecule has 0 aliphatic carbocycles. The molecule has 1 aromatic carbocycles. The summed E-state index contributed by atoms with van der Waals surface area (Å²) in [5.74, 6) is 0.235. The van der Waals surface area contributed by atoms with Crippen molar-refractivity contribution in [2.45, 2.75) is 40.0 Å². The molecule has 7 nitrogen and oxygen atoms in total. The number of nitrogens with zero attached hydrogens (tertiary/aromatic N) is 6. The van der Waals surface area contributed by atoms with Gasteiger partial charge < -0.3 is 4.90 Å². The molecule has 2 aromatic heterocycles. The zero-order chi connectivity index (χ0) is 20.8. The van der Waals surface area contributed by atoms with Gasteiger partial charge in [0.1, 0.15) is 0 Å². The van der Waals surface area contributed by atoms with Crippen molar-refractivity contribution in [1.82, 2.24) is 24.9 Å². The van der Waals surface area contributed by atoms with Crippen LogP contribution in [-0.4, -0.2) is 43.9 Å². The van der Waals surface area contributed by atoms with Crippen LogP contribution in [0.25, 0.3) is 16.6 Å². The van der Waals surface area contributed by atoms with E-state index in [9.17, 15) is 4.79 Å². The molecule has 150 valence electrons. The molecule has 29 heavy (non-hydrogen) atoms. The summed E-state index contributed by atoms with van der Waals surface area (Å²) in [6, 6.07) is 11.8. The molecule has 0 spiro atoms. The molecule has 0 atom stereocenters. The fraction of sp³-hybridized carbons (Fsp3) is 0.409. The molecule has 3 aromatic rings. The molecule has 1 amide bonds. The van der Waals surface area contributed by atoms with Crippen LogP contribution in [0.3, 0.4) is 0 Å². The first-order valence-corrected chi connectivity index (χ1v) is 10.0. The number of pyridine rings is 1. The van der Waals surface area contributed by atoms with E-state index in [1.54, 1.807) is 15.8 Å². The third-order valence-corrected chi connectivity index (χ3v) is 5.34. The van der Waals surface area contributed by atoms with Crippen LogP contribution < -0.4 is 0 Å². The van der Waals surface area contributed by atoms with E-state index in [4.69, 9.17) is 5.26 Å². The van der Waals surface area contributed by atoms with Gasteiger partial charge in [0, 0.05) is 24.7 Å². The molecular weight excluding hydrogens is 364 g/mol. The summed E-state index contributed by atoms with van der Waals surface area (Å²) in [5.41, 5.74) is 2.75. The van der Waals surface area contributed by atoms with Crippen LogP contribution in [0.2, 0.25) is 0 Å². The molecule has 0 radical (unpaired) electrons. The Balaban J connectivity index is 1.90. The van der Waals surface area contributed by atoms with Gasteiger partial charge in [-0.1, -0.05) is 38.0 Å². The maximum Gasteiger partial charge on any atom is 0.276 e. The molecule has 0 aliphatic rings. The first kappa shape index (κ1) is 20.5. The van der Waals surface area contributed by atoms with Crippen molar-refractivity contribution in [3.05, 3.63) is 47.9 Å². The first-order valence-electron chi connectivity index (χ1n) is 10.0. The second-order valence-electron chi connectivity index (χ2n) is 7.16. The van der Waals surface area contributed by atoms with E-state index in [-0.39, 0.29) is 5.91 Å². The fourth-order valence-electron chi connectivity index (χ4n) is 3.44. The summed E-state index contributed by atoms with van der Waals surface area (Å²) in [6.07, 6.45) is 4.04. The van der Waals surface area contributed by atoms with Crippen LogP contribution >= 0.6 is 0 Å². The molecular formula is C22H26N6O. The molecule has 7 heteroatoms. The first-order chi connectivity index (χ1) is 14.1. The highest BCUT2D eigenvalue weighted by atomic mass is 16.2. The van der Waals surface area contributed by atoms with Gasteiger partial charge in [-0.3, -0.25) is 9.78 Å². The Bertz CT molecular complexity index is 1030. The van der Waals surface area contributed by atoms with E-state index in [1.165, 1.54) is 0 Å². The zero-order valence-corrected chi connectivity index (χ0v) is 17.2. The number of hydrogen-bond donors (Lipinski definition) is 0. The van der Waals surface area contributed by atoms with Crippen LogP contribution in [-0.2, 0) is 0 Å². The molecule has 0 unspecified atom stereocenters. The number of carbonyl (C=O) groups is 1. The zero-order valence-electron chi connectivity index (χ0n) is 17.2. The largest absolute Gasteiger partial charge is 0.336 e. The molecule has 0 N–H and O–H groups in total. The van der Waals surface area contributed by atoms with E-state index in [0.717, 1.165) is 29.4 Å². The predicted octanol–water partition coefficient (Wildman–Crippen LogP) is 3.92. The number of hydrogen-bond acceptors (Lipinski definition) is 5. The van der Waals surface area contributed by atoms with Crippen molar-refractivity contribution < 1.29 is 4.79 Å². The van der Waals surface area contributed by atoms with Crippen LogP contribution in [0.1, 0.15) is 49.3 Å². The van der Waals surface area contributed by atoms with E-state index >= 15 is 0 Å².